The molecular formula is C16H15NO5S. The van der Waals surface area contributed by atoms with Gasteiger partial charge in [0, 0.05) is 5.69 Å². The lowest BCUT2D eigenvalue weighted by Gasteiger charge is -2.07. The van der Waals surface area contributed by atoms with E-state index >= 15 is 0 Å². The van der Waals surface area contributed by atoms with E-state index in [1.165, 1.54) is 23.5 Å². The molecule has 23 heavy (non-hydrogen) atoms. The molecular weight excluding hydrogens is 318 g/mol. The van der Waals surface area contributed by atoms with Crippen molar-refractivity contribution >= 4 is 34.9 Å². The van der Waals surface area contributed by atoms with Crippen LogP contribution in [0, 0.1) is 0 Å². The molecule has 0 aliphatic heterocycles. The average molecular weight is 333 g/mol. The third-order valence-electron chi connectivity index (χ3n) is 2.75. The number of hydrogen-bond acceptors (Lipinski definition) is 6. The topological polar surface area (TPSA) is 81.7 Å². The molecule has 2 aromatic rings. The molecule has 0 bridgehead atoms. The highest BCUT2D eigenvalue weighted by Crippen LogP contribution is 2.13. The van der Waals surface area contributed by atoms with Crippen molar-refractivity contribution in [2.24, 2.45) is 0 Å². The van der Waals surface area contributed by atoms with Gasteiger partial charge in [-0.1, -0.05) is 12.1 Å². The highest BCUT2D eigenvalue weighted by molar-refractivity contribution is 7.12. The van der Waals surface area contributed by atoms with E-state index in [-0.39, 0.29) is 24.6 Å². The molecule has 1 aromatic heterocycles. The summed E-state index contributed by atoms with van der Waals surface area (Å²) < 4.78 is 9.75. The number of nitrogens with one attached hydrogen (secondary N) is 1. The fourth-order valence-corrected chi connectivity index (χ4v) is 2.38. The van der Waals surface area contributed by atoms with Crippen LogP contribution in [0.3, 0.4) is 0 Å². The zero-order valence-corrected chi connectivity index (χ0v) is 13.2. The number of anilines is 1. The molecule has 120 valence electrons. The van der Waals surface area contributed by atoms with Crippen molar-refractivity contribution in [1.82, 2.24) is 0 Å². The van der Waals surface area contributed by atoms with Crippen molar-refractivity contribution in [3.05, 3.63) is 52.2 Å². The summed E-state index contributed by atoms with van der Waals surface area (Å²) in [6.45, 7) is 1.62. The number of hydrogen-bond donors (Lipinski definition) is 1. The van der Waals surface area contributed by atoms with Crippen LogP contribution in [0.25, 0.3) is 0 Å². The summed E-state index contributed by atoms with van der Waals surface area (Å²) in [4.78, 5) is 35.6. The highest BCUT2D eigenvalue weighted by atomic mass is 32.1. The average Bonchev–Trinajstić information content (AvgIpc) is 3.07. The fourth-order valence-electron chi connectivity index (χ4n) is 1.73. The molecule has 1 heterocycles. The van der Waals surface area contributed by atoms with E-state index in [0.29, 0.717) is 10.6 Å². The smallest absolute Gasteiger partial charge is 0.411 e. The molecule has 0 saturated carbocycles. The Morgan fingerprint density at radius 2 is 1.96 bits per heavy atom. The number of carbonyl (C=O) groups excluding carboxylic acids is 3. The maximum atomic E-state index is 12.0. The number of rotatable bonds is 6. The van der Waals surface area contributed by atoms with Crippen molar-refractivity contribution in [2.75, 3.05) is 18.5 Å². The molecule has 0 unspecified atom stereocenters. The first-order valence-corrected chi connectivity index (χ1v) is 7.75. The SMILES string of the molecule is CCOC(=O)Nc1cccc(C(=O)OCC(=O)c2cccs2)c1. The van der Waals surface area contributed by atoms with Gasteiger partial charge < -0.3 is 9.47 Å². The van der Waals surface area contributed by atoms with Gasteiger partial charge in [-0.2, -0.15) is 0 Å². The van der Waals surface area contributed by atoms with Crippen LogP contribution < -0.4 is 5.32 Å². The standard InChI is InChI=1S/C16H15NO5S/c1-2-21-16(20)17-12-6-3-5-11(9-12)15(19)22-10-13(18)14-7-4-8-23-14/h3-9H,2,10H2,1H3,(H,17,20). The lowest BCUT2D eigenvalue weighted by atomic mass is 10.2. The summed E-state index contributed by atoms with van der Waals surface area (Å²) in [6.07, 6.45) is -0.606. The Hall–Kier alpha value is -2.67. The molecule has 1 N–H and O–H groups in total. The van der Waals surface area contributed by atoms with Crippen LogP contribution >= 0.6 is 11.3 Å². The molecule has 0 radical (unpaired) electrons. The predicted octanol–water partition coefficient (Wildman–Crippen LogP) is 3.36. The third-order valence-corrected chi connectivity index (χ3v) is 3.66. The highest BCUT2D eigenvalue weighted by Gasteiger charge is 2.13. The summed E-state index contributed by atoms with van der Waals surface area (Å²) in [5.74, 6) is -0.892. The number of amides is 1. The number of esters is 1. The van der Waals surface area contributed by atoms with Gasteiger partial charge in [0.2, 0.25) is 5.78 Å². The van der Waals surface area contributed by atoms with E-state index in [9.17, 15) is 14.4 Å². The van der Waals surface area contributed by atoms with Crippen LogP contribution in [0.4, 0.5) is 10.5 Å². The summed E-state index contributed by atoms with van der Waals surface area (Å²) >= 11 is 1.29. The maximum absolute atomic E-state index is 12.0. The van der Waals surface area contributed by atoms with E-state index < -0.39 is 12.1 Å². The third kappa shape index (κ3) is 4.93. The molecule has 2 rings (SSSR count). The number of ketones is 1. The normalized spacial score (nSPS) is 9.96. The molecule has 6 nitrogen and oxygen atoms in total. The number of ether oxygens (including phenoxy) is 2. The molecule has 0 atom stereocenters. The van der Waals surface area contributed by atoms with Crippen molar-refractivity contribution in [3.63, 3.8) is 0 Å². The molecule has 0 spiro atoms. The second-order valence-corrected chi connectivity index (χ2v) is 5.35. The van der Waals surface area contributed by atoms with Gasteiger partial charge in [-0.25, -0.2) is 9.59 Å². The van der Waals surface area contributed by atoms with E-state index in [2.05, 4.69) is 5.32 Å². The van der Waals surface area contributed by atoms with E-state index in [1.54, 1.807) is 36.6 Å². The first-order valence-electron chi connectivity index (χ1n) is 6.88. The predicted molar refractivity (Wildman–Crippen MR) is 86.0 cm³/mol. The summed E-state index contributed by atoms with van der Waals surface area (Å²) in [5.41, 5.74) is 0.640. The van der Waals surface area contributed by atoms with Crippen molar-refractivity contribution in [3.8, 4) is 0 Å². The molecule has 0 aliphatic rings. The maximum Gasteiger partial charge on any atom is 0.411 e. The van der Waals surface area contributed by atoms with Crippen LogP contribution in [0.5, 0.6) is 0 Å². The molecule has 0 aliphatic carbocycles. The fraction of sp³-hybridized carbons (Fsp3) is 0.188. The Balaban J connectivity index is 1.94. The molecule has 1 amide bonds. The molecule has 0 fully saturated rings. The molecule has 7 heteroatoms. The largest absolute Gasteiger partial charge is 0.454 e. The molecule has 0 saturated heterocycles. The van der Waals surface area contributed by atoms with Crippen LogP contribution in [0.2, 0.25) is 0 Å². The van der Waals surface area contributed by atoms with Crippen LogP contribution in [0.15, 0.2) is 41.8 Å². The van der Waals surface area contributed by atoms with Gasteiger partial charge >= 0.3 is 12.1 Å². The number of benzene rings is 1. The van der Waals surface area contributed by atoms with Crippen molar-refractivity contribution < 1.29 is 23.9 Å². The second-order valence-electron chi connectivity index (χ2n) is 4.40. The van der Waals surface area contributed by atoms with Gasteiger partial charge in [0.1, 0.15) is 0 Å². The minimum absolute atomic E-state index is 0.235. The van der Waals surface area contributed by atoms with E-state index in [0.717, 1.165) is 0 Å². The van der Waals surface area contributed by atoms with Gasteiger partial charge in [-0.3, -0.25) is 10.1 Å². The summed E-state index contributed by atoms with van der Waals surface area (Å²) in [7, 11) is 0. The first kappa shape index (κ1) is 16.7. The number of carbonyl (C=O) groups is 3. The Bertz CT molecular complexity index is 696. The number of Topliss-reactive ketones (excluding diaryl/α,β-unsaturated/α-hetero) is 1. The number of thiophene rings is 1. The van der Waals surface area contributed by atoms with Crippen molar-refractivity contribution in [2.45, 2.75) is 6.92 Å². The van der Waals surface area contributed by atoms with Crippen LogP contribution in [-0.2, 0) is 9.47 Å². The minimum atomic E-state index is -0.637. The van der Waals surface area contributed by atoms with E-state index in [4.69, 9.17) is 9.47 Å². The van der Waals surface area contributed by atoms with Gasteiger partial charge in [0.05, 0.1) is 17.0 Å². The lowest BCUT2D eigenvalue weighted by Crippen LogP contribution is -2.15. The first-order chi connectivity index (χ1) is 11.1. The quantitative estimate of drug-likeness (QED) is 0.647. The second kappa shape index (κ2) is 8.09. The Morgan fingerprint density at radius 3 is 2.65 bits per heavy atom. The molecule has 1 aromatic carbocycles. The zero-order valence-electron chi connectivity index (χ0n) is 12.4. The minimum Gasteiger partial charge on any atom is -0.454 e. The summed E-state index contributed by atoms with van der Waals surface area (Å²) in [6, 6.07) is 9.63. The zero-order chi connectivity index (χ0) is 16.7. The Labute approximate surface area is 137 Å². The van der Waals surface area contributed by atoms with Crippen LogP contribution in [0.1, 0.15) is 27.0 Å². The van der Waals surface area contributed by atoms with Gasteiger partial charge in [0.25, 0.3) is 0 Å². The summed E-state index contributed by atoms with van der Waals surface area (Å²) in [5, 5.41) is 4.27. The van der Waals surface area contributed by atoms with Crippen LogP contribution in [-0.4, -0.2) is 31.1 Å². The van der Waals surface area contributed by atoms with Gasteiger partial charge in [-0.05, 0) is 36.6 Å². The van der Waals surface area contributed by atoms with Crippen molar-refractivity contribution in [1.29, 1.82) is 0 Å². The van der Waals surface area contributed by atoms with E-state index in [1.807, 2.05) is 0 Å². The monoisotopic (exact) mass is 333 g/mol. The van der Waals surface area contributed by atoms with Gasteiger partial charge in [0.15, 0.2) is 6.61 Å². The Kier molecular flexibility index (Phi) is 5.87. The van der Waals surface area contributed by atoms with Gasteiger partial charge in [-0.15, -0.1) is 11.3 Å². The Morgan fingerprint density at radius 1 is 1.13 bits per heavy atom. The lowest BCUT2D eigenvalue weighted by molar-refractivity contribution is 0.0476.